The first-order valence-electron chi connectivity index (χ1n) is 8.73. The zero-order valence-corrected chi connectivity index (χ0v) is 15.8. The third-order valence-electron chi connectivity index (χ3n) is 3.86. The van der Waals surface area contributed by atoms with Crippen LogP contribution in [0.1, 0.15) is 43.3 Å². The monoisotopic (exact) mass is 354 g/mol. The van der Waals surface area contributed by atoms with Gasteiger partial charge in [0.25, 0.3) is 0 Å². The third-order valence-corrected chi connectivity index (χ3v) is 5.05. The highest BCUT2D eigenvalue weighted by Crippen LogP contribution is 2.18. The molecule has 0 bridgehead atoms. The van der Waals surface area contributed by atoms with Crippen LogP contribution in [0.5, 0.6) is 0 Å². The molecule has 136 valence electrons. The largest absolute Gasteiger partial charge is 0.381 e. The van der Waals surface area contributed by atoms with E-state index in [0.717, 1.165) is 57.5 Å². The summed E-state index contributed by atoms with van der Waals surface area (Å²) < 4.78 is 11.0. The predicted molar refractivity (Wildman–Crippen MR) is 98.8 cm³/mol. The van der Waals surface area contributed by atoms with Crippen LogP contribution in [0.2, 0.25) is 0 Å². The number of aliphatic imine (C=N–C) groups is 1. The molecule has 0 radical (unpaired) electrons. The summed E-state index contributed by atoms with van der Waals surface area (Å²) >= 11 is 1.72. The Bertz CT molecular complexity index is 499. The fourth-order valence-corrected chi connectivity index (χ4v) is 3.24. The average molecular weight is 355 g/mol. The van der Waals surface area contributed by atoms with E-state index in [1.807, 2.05) is 0 Å². The highest BCUT2D eigenvalue weighted by Gasteiger charge is 2.15. The van der Waals surface area contributed by atoms with E-state index < -0.39 is 0 Å². The van der Waals surface area contributed by atoms with Gasteiger partial charge in [-0.3, -0.25) is 4.99 Å². The summed E-state index contributed by atoms with van der Waals surface area (Å²) in [5.74, 6) is 1.87. The number of guanidine groups is 1. The first-order valence-corrected chi connectivity index (χ1v) is 9.61. The molecule has 1 fully saturated rings. The van der Waals surface area contributed by atoms with Crippen molar-refractivity contribution in [3.8, 4) is 0 Å². The molecule has 24 heavy (non-hydrogen) atoms. The number of rotatable bonds is 9. The second-order valence-corrected chi connectivity index (χ2v) is 7.23. The summed E-state index contributed by atoms with van der Waals surface area (Å²) in [6, 6.07) is 0. The molecule has 2 heterocycles. The van der Waals surface area contributed by atoms with Gasteiger partial charge in [-0.05, 0) is 12.8 Å². The quantitative estimate of drug-likeness (QED) is 0.405. The Labute approximate surface area is 149 Å². The molecular formula is C17H30N4O2S. The van der Waals surface area contributed by atoms with Crippen LogP contribution in [0.25, 0.3) is 0 Å². The van der Waals surface area contributed by atoms with Gasteiger partial charge in [-0.2, -0.15) is 0 Å². The predicted octanol–water partition coefficient (Wildman–Crippen LogP) is 2.37. The summed E-state index contributed by atoms with van der Waals surface area (Å²) in [5, 5.41) is 9.89. The standard InChI is InChI=1S/C17H30N4O2S/c1-13(2)16-21-15(12-24-16)9-20-17(18-3)19-6-4-7-22-10-14-5-8-23-11-14/h12-14H,4-11H2,1-3H3,(H2,18,19,20). The Morgan fingerprint density at radius 3 is 3.04 bits per heavy atom. The van der Waals surface area contributed by atoms with E-state index in [0.29, 0.717) is 18.4 Å². The maximum absolute atomic E-state index is 5.70. The Morgan fingerprint density at radius 2 is 2.38 bits per heavy atom. The molecule has 1 aromatic heterocycles. The minimum atomic E-state index is 0.483. The fourth-order valence-electron chi connectivity index (χ4n) is 2.41. The van der Waals surface area contributed by atoms with E-state index in [1.54, 1.807) is 18.4 Å². The number of hydrogen-bond acceptors (Lipinski definition) is 5. The summed E-state index contributed by atoms with van der Waals surface area (Å²) in [7, 11) is 1.78. The second kappa shape index (κ2) is 10.6. The normalized spacial score (nSPS) is 18.3. The molecule has 1 aliphatic heterocycles. The molecule has 1 atom stereocenters. The van der Waals surface area contributed by atoms with Gasteiger partial charge < -0.3 is 20.1 Å². The number of nitrogens with zero attached hydrogens (tertiary/aromatic N) is 2. The van der Waals surface area contributed by atoms with Crippen LogP contribution in [0.3, 0.4) is 0 Å². The first kappa shape index (κ1) is 19.1. The van der Waals surface area contributed by atoms with Gasteiger partial charge in [-0.1, -0.05) is 13.8 Å². The van der Waals surface area contributed by atoms with Crippen molar-refractivity contribution in [2.45, 2.75) is 39.2 Å². The number of hydrogen-bond donors (Lipinski definition) is 2. The minimum absolute atomic E-state index is 0.483. The molecule has 0 aliphatic carbocycles. The van der Waals surface area contributed by atoms with Crippen molar-refractivity contribution in [1.29, 1.82) is 0 Å². The Kier molecular flexibility index (Phi) is 8.49. The van der Waals surface area contributed by atoms with Gasteiger partial charge in [-0.25, -0.2) is 4.98 Å². The van der Waals surface area contributed by atoms with E-state index >= 15 is 0 Å². The molecule has 2 rings (SSSR count). The van der Waals surface area contributed by atoms with E-state index in [4.69, 9.17) is 9.47 Å². The van der Waals surface area contributed by atoms with E-state index in [9.17, 15) is 0 Å². The molecule has 0 saturated carbocycles. The molecule has 1 aromatic rings. The van der Waals surface area contributed by atoms with Crippen LogP contribution >= 0.6 is 11.3 Å². The SMILES string of the molecule is CN=C(NCCCOCC1CCOC1)NCc1csc(C(C)C)n1. The van der Waals surface area contributed by atoms with Gasteiger partial charge in [0.2, 0.25) is 0 Å². The van der Waals surface area contributed by atoms with Crippen LogP contribution < -0.4 is 10.6 Å². The van der Waals surface area contributed by atoms with Crippen LogP contribution in [-0.2, 0) is 16.0 Å². The molecule has 6 nitrogen and oxygen atoms in total. The van der Waals surface area contributed by atoms with Crippen molar-refractivity contribution in [2.24, 2.45) is 10.9 Å². The lowest BCUT2D eigenvalue weighted by molar-refractivity contribution is 0.0888. The number of nitrogens with one attached hydrogen (secondary N) is 2. The fraction of sp³-hybridized carbons (Fsp3) is 0.765. The maximum atomic E-state index is 5.70. The van der Waals surface area contributed by atoms with Crippen LogP contribution in [-0.4, -0.2) is 51.0 Å². The number of aromatic nitrogens is 1. The van der Waals surface area contributed by atoms with E-state index in [1.165, 1.54) is 5.01 Å². The molecule has 1 saturated heterocycles. The molecular weight excluding hydrogens is 324 g/mol. The van der Waals surface area contributed by atoms with Gasteiger partial charge in [-0.15, -0.1) is 11.3 Å². The topological polar surface area (TPSA) is 67.8 Å². The molecule has 0 spiro atoms. The van der Waals surface area contributed by atoms with Crippen molar-refractivity contribution < 1.29 is 9.47 Å². The molecule has 2 N–H and O–H groups in total. The Balaban J connectivity index is 1.54. The molecule has 7 heteroatoms. The van der Waals surface area contributed by atoms with Crippen LogP contribution in [0.4, 0.5) is 0 Å². The van der Waals surface area contributed by atoms with Gasteiger partial charge in [0.15, 0.2) is 5.96 Å². The zero-order valence-electron chi connectivity index (χ0n) is 15.0. The number of ether oxygens (including phenoxy) is 2. The van der Waals surface area contributed by atoms with Crippen molar-refractivity contribution in [3.05, 3.63) is 16.1 Å². The van der Waals surface area contributed by atoms with Gasteiger partial charge >= 0.3 is 0 Å². The van der Waals surface area contributed by atoms with E-state index in [-0.39, 0.29) is 0 Å². The summed E-state index contributed by atoms with van der Waals surface area (Å²) in [6.07, 6.45) is 2.09. The van der Waals surface area contributed by atoms with Crippen molar-refractivity contribution in [2.75, 3.05) is 40.0 Å². The Hall–Kier alpha value is -1.18. The second-order valence-electron chi connectivity index (χ2n) is 6.34. The average Bonchev–Trinajstić information content (AvgIpc) is 3.25. The molecule has 0 aromatic carbocycles. The van der Waals surface area contributed by atoms with Crippen molar-refractivity contribution >= 4 is 17.3 Å². The highest BCUT2D eigenvalue weighted by molar-refractivity contribution is 7.09. The molecule has 1 aliphatic rings. The molecule has 1 unspecified atom stereocenters. The summed E-state index contributed by atoms with van der Waals surface area (Å²) in [4.78, 5) is 8.86. The van der Waals surface area contributed by atoms with Gasteiger partial charge in [0, 0.05) is 44.0 Å². The van der Waals surface area contributed by atoms with Crippen molar-refractivity contribution in [1.82, 2.24) is 15.6 Å². The van der Waals surface area contributed by atoms with Crippen LogP contribution in [0.15, 0.2) is 10.4 Å². The smallest absolute Gasteiger partial charge is 0.191 e. The molecule has 0 amide bonds. The highest BCUT2D eigenvalue weighted by atomic mass is 32.1. The van der Waals surface area contributed by atoms with E-state index in [2.05, 4.69) is 39.8 Å². The Morgan fingerprint density at radius 1 is 1.50 bits per heavy atom. The minimum Gasteiger partial charge on any atom is -0.381 e. The van der Waals surface area contributed by atoms with Gasteiger partial charge in [0.1, 0.15) is 0 Å². The zero-order chi connectivity index (χ0) is 17.2. The lowest BCUT2D eigenvalue weighted by Crippen LogP contribution is -2.37. The first-order chi connectivity index (χ1) is 11.7. The lowest BCUT2D eigenvalue weighted by atomic mass is 10.1. The van der Waals surface area contributed by atoms with Crippen LogP contribution in [0, 0.1) is 5.92 Å². The number of thiazole rings is 1. The lowest BCUT2D eigenvalue weighted by Gasteiger charge is -2.12. The van der Waals surface area contributed by atoms with Crippen molar-refractivity contribution in [3.63, 3.8) is 0 Å². The van der Waals surface area contributed by atoms with Gasteiger partial charge in [0.05, 0.1) is 30.5 Å². The third kappa shape index (κ3) is 6.75. The summed E-state index contributed by atoms with van der Waals surface area (Å²) in [6.45, 7) is 9.19. The summed E-state index contributed by atoms with van der Waals surface area (Å²) in [5.41, 5.74) is 1.06. The maximum Gasteiger partial charge on any atom is 0.191 e.